The maximum absolute atomic E-state index is 11.4. The fourth-order valence-corrected chi connectivity index (χ4v) is 1.74. The van der Waals surface area contributed by atoms with Gasteiger partial charge in [-0.1, -0.05) is 11.6 Å². The number of ether oxygens (including phenoxy) is 2. The first-order valence-electron chi connectivity index (χ1n) is 6.09. The maximum atomic E-state index is 11.4. The quantitative estimate of drug-likeness (QED) is 0.793. The standard InChI is InChI=1S/C14H14ClNO4/c1-3-19-14-11(8-12(17)18-2)16-13(20-14)9-4-6-10(15)7-5-9/h4-7H,3,8H2,1-2H3. The van der Waals surface area contributed by atoms with E-state index >= 15 is 0 Å². The fourth-order valence-electron chi connectivity index (χ4n) is 1.62. The van der Waals surface area contributed by atoms with Crippen LogP contribution in [-0.2, 0) is 16.0 Å². The first-order valence-corrected chi connectivity index (χ1v) is 6.47. The molecule has 0 fully saturated rings. The van der Waals surface area contributed by atoms with Crippen LogP contribution in [0.2, 0.25) is 5.02 Å². The van der Waals surface area contributed by atoms with Gasteiger partial charge in [0.2, 0.25) is 5.89 Å². The van der Waals surface area contributed by atoms with Crippen LogP contribution >= 0.6 is 11.6 Å². The van der Waals surface area contributed by atoms with Crippen molar-refractivity contribution in [3.63, 3.8) is 0 Å². The van der Waals surface area contributed by atoms with E-state index in [4.69, 9.17) is 20.8 Å². The number of oxazole rings is 1. The number of halogens is 1. The minimum absolute atomic E-state index is 0.00290. The molecule has 20 heavy (non-hydrogen) atoms. The third-order valence-electron chi connectivity index (χ3n) is 2.57. The van der Waals surface area contributed by atoms with Gasteiger partial charge in [-0.05, 0) is 31.2 Å². The molecule has 0 saturated carbocycles. The van der Waals surface area contributed by atoms with Gasteiger partial charge >= 0.3 is 11.9 Å². The van der Waals surface area contributed by atoms with Gasteiger partial charge in [-0.2, -0.15) is 0 Å². The van der Waals surface area contributed by atoms with Crippen molar-refractivity contribution in [2.24, 2.45) is 0 Å². The zero-order valence-corrected chi connectivity index (χ0v) is 11.9. The third kappa shape index (κ3) is 3.30. The second-order valence-corrected chi connectivity index (χ2v) is 4.38. The van der Waals surface area contributed by atoms with Crippen LogP contribution in [0.5, 0.6) is 5.95 Å². The second-order valence-electron chi connectivity index (χ2n) is 3.95. The Balaban J connectivity index is 2.32. The monoisotopic (exact) mass is 295 g/mol. The summed E-state index contributed by atoms with van der Waals surface area (Å²) in [6.45, 7) is 2.25. The van der Waals surface area contributed by atoms with Crippen LogP contribution in [0.25, 0.3) is 11.5 Å². The molecule has 0 radical (unpaired) electrons. The lowest BCUT2D eigenvalue weighted by atomic mass is 10.2. The summed E-state index contributed by atoms with van der Waals surface area (Å²) in [7, 11) is 1.32. The molecule has 1 heterocycles. The number of hydrogen-bond acceptors (Lipinski definition) is 5. The highest BCUT2D eigenvalue weighted by Gasteiger charge is 2.18. The Kier molecular flexibility index (Phi) is 4.63. The topological polar surface area (TPSA) is 61.6 Å². The number of carbonyl (C=O) groups excluding carboxylic acids is 1. The van der Waals surface area contributed by atoms with Crippen LogP contribution in [-0.4, -0.2) is 24.7 Å². The molecule has 5 nitrogen and oxygen atoms in total. The molecule has 0 amide bonds. The van der Waals surface area contributed by atoms with Gasteiger partial charge in [-0.15, -0.1) is 0 Å². The van der Waals surface area contributed by atoms with Crippen molar-refractivity contribution in [1.29, 1.82) is 0 Å². The van der Waals surface area contributed by atoms with Crippen LogP contribution in [0.3, 0.4) is 0 Å². The highest BCUT2D eigenvalue weighted by atomic mass is 35.5. The van der Waals surface area contributed by atoms with E-state index in [2.05, 4.69) is 9.72 Å². The fraction of sp³-hybridized carbons (Fsp3) is 0.286. The van der Waals surface area contributed by atoms with Gasteiger partial charge in [0, 0.05) is 10.6 Å². The molecule has 106 valence electrons. The van der Waals surface area contributed by atoms with Crippen molar-refractivity contribution in [2.75, 3.05) is 13.7 Å². The summed E-state index contributed by atoms with van der Waals surface area (Å²) >= 11 is 5.84. The number of methoxy groups -OCH3 is 1. The highest BCUT2D eigenvalue weighted by molar-refractivity contribution is 6.30. The molecular formula is C14H14ClNO4. The van der Waals surface area contributed by atoms with E-state index < -0.39 is 5.97 Å². The predicted molar refractivity (Wildman–Crippen MR) is 73.8 cm³/mol. The summed E-state index contributed by atoms with van der Waals surface area (Å²) in [5, 5.41) is 0.625. The van der Waals surface area contributed by atoms with Gasteiger partial charge in [0.15, 0.2) is 0 Å². The van der Waals surface area contributed by atoms with Gasteiger partial charge in [-0.25, -0.2) is 4.98 Å². The summed E-state index contributed by atoms with van der Waals surface area (Å²) in [5.41, 5.74) is 1.18. The predicted octanol–water partition coefficient (Wildman–Crippen LogP) is 3.11. The van der Waals surface area contributed by atoms with Gasteiger partial charge in [0.25, 0.3) is 0 Å². The summed E-state index contributed by atoms with van der Waals surface area (Å²) in [6, 6.07) is 7.04. The van der Waals surface area contributed by atoms with E-state index in [1.54, 1.807) is 24.3 Å². The summed E-state index contributed by atoms with van der Waals surface area (Å²) in [6.07, 6.45) is 0.00290. The Morgan fingerprint density at radius 2 is 2.05 bits per heavy atom. The summed E-state index contributed by atoms with van der Waals surface area (Å²) < 4.78 is 15.5. The number of benzene rings is 1. The molecule has 0 spiro atoms. The number of nitrogens with zero attached hydrogens (tertiary/aromatic N) is 1. The molecule has 0 atom stereocenters. The molecule has 1 aromatic carbocycles. The van der Waals surface area contributed by atoms with Gasteiger partial charge in [0.1, 0.15) is 5.69 Å². The van der Waals surface area contributed by atoms with Crippen LogP contribution in [0, 0.1) is 0 Å². The van der Waals surface area contributed by atoms with Gasteiger partial charge in [-0.3, -0.25) is 4.79 Å². The van der Waals surface area contributed by atoms with Crippen LogP contribution < -0.4 is 4.74 Å². The van der Waals surface area contributed by atoms with E-state index in [9.17, 15) is 4.79 Å². The van der Waals surface area contributed by atoms with Crippen LogP contribution in [0.15, 0.2) is 28.7 Å². The third-order valence-corrected chi connectivity index (χ3v) is 2.82. The highest BCUT2D eigenvalue weighted by Crippen LogP contribution is 2.28. The van der Waals surface area contributed by atoms with Crippen molar-refractivity contribution in [3.05, 3.63) is 35.0 Å². The van der Waals surface area contributed by atoms with E-state index in [1.165, 1.54) is 7.11 Å². The van der Waals surface area contributed by atoms with Crippen molar-refractivity contribution >= 4 is 17.6 Å². The molecule has 0 aliphatic rings. The molecule has 0 aliphatic heterocycles. The molecule has 0 unspecified atom stereocenters. The number of carbonyl (C=O) groups is 1. The summed E-state index contributed by atoms with van der Waals surface area (Å²) in [4.78, 5) is 15.6. The number of esters is 1. The average Bonchev–Trinajstić information content (AvgIpc) is 2.83. The number of rotatable bonds is 5. The lowest BCUT2D eigenvalue weighted by Gasteiger charge is -1.99. The Bertz CT molecular complexity index is 592. The number of hydrogen-bond donors (Lipinski definition) is 0. The van der Waals surface area contributed by atoms with E-state index in [0.717, 1.165) is 5.56 Å². The lowest BCUT2D eigenvalue weighted by Crippen LogP contribution is -2.06. The Labute approximate surface area is 121 Å². The first-order chi connectivity index (χ1) is 9.63. The minimum Gasteiger partial charge on any atom is -0.469 e. The number of aromatic nitrogens is 1. The summed E-state index contributed by atoms with van der Waals surface area (Å²) in [5.74, 6) is 0.216. The molecular weight excluding hydrogens is 282 g/mol. The van der Waals surface area contributed by atoms with E-state index in [0.29, 0.717) is 23.2 Å². The SMILES string of the molecule is CCOc1oc(-c2ccc(Cl)cc2)nc1CC(=O)OC. The van der Waals surface area contributed by atoms with Crippen molar-refractivity contribution in [2.45, 2.75) is 13.3 Å². The molecule has 1 aromatic heterocycles. The smallest absolute Gasteiger partial charge is 0.311 e. The largest absolute Gasteiger partial charge is 0.469 e. The molecule has 6 heteroatoms. The minimum atomic E-state index is -0.401. The molecule has 0 N–H and O–H groups in total. The Morgan fingerprint density at radius 3 is 2.65 bits per heavy atom. The van der Waals surface area contributed by atoms with Crippen molar-refractivity contribution < 1.29 is 18.7 Å². The van der Waals surface area contributed by atoms with Crippen LogP contribution in [0.4, 0.5) is 0 Å². The molecule has 0 aliphatic carbocycles. The molecule has 0 saturated heterocycles. The van der Waals surface area contributed by atoms with Crippen molar-refractivity contribution in [1.82, 2.24) is 4.98 Å². The zero-order chi connectivity index (χ0) is 14.5. The van der Waals surface area contributed by atoms with E-state index in [1.807, 2.05) is 6.92 Å². The Morgan fingerprint density at radius 1 is 1.35 bits per heavy atom. The maximum Gasteiger partial charge on any atom is 0.311 e. The van der Waals surface area contributed by atoms with Gasteiger partial charge < -0.3 is 13.9 Å². The molecule has 2 aromatic rings. The first kappa shape index (κ1) is 14.4. The molecule has 0 bridgehead atoms. The van der Waals surface area contributed by atoms with E-state index in [-0.39, 0.29) is 12.4 Å². The average molecular weight is 296 g/mol. The van der Waals surface area contributed by atoms with Gasteiger partial charge in [0.05, 0.1) is 20.1 Å². The molecule has 2 rings (SSSR count). The van der Waals surface area contributed by atoms with Crippen LogP contribution in [0.1, 0.15) is 12.6 Å². The second kappa shape index (κ2) is 6.43. The lowest BCUT2D eigenvalue weighted by molar-refractivity contribution is -0.139. The Hall–Kier alpha value is -2.01. The zero-order valence-electron chi connectivity index (χ0n) is 11.2. The van der Waals surface area contributed by atoms with Crippen molar-refractivity contribution in [3.8, 4) is 17.4 Å². The normalized spacial score (nSPS) is 10.3.